The second-order valence-corrected chi connectivity index (χ2v) is 4.52. The normalized spacial score (nSPS) is 11.0. The number of benzene rings is 1. The molecule has 6 heteroatoms. The number of fused-ring (bicyclic) bond motifs is 1. The fourth-order valence-electron chi connectivity index (χ4n) is 2.16. The number of pyridine rings is 1. The highest BCUT2D eigenvalue weighted by atomic mass is 16.5. The van der Waals surface area contributed by atoms with Gasteiger partial charge in [0.15, 0.2) is 0 Å². The van der Waals surface area contributed by atoms with E-state index in [4.69, 9.17) is 14.7 Å². The van der Waals surface area contributed by atoms with Crippen LogP contribution in [0.15, 0.2) is 57.7 Å². The average Bonchev–Trinajstić information content (AvgIpc) is 3.14. The number of nitrogen functional groups attached to an aromatic ring is 1. The van der Waals surface area contributed by atoms with Crippen LogP contribution in [0.25, 0.3) is 33.9 Å². The van der Waals surface area contributed by atoms with Crippen molar-refractivity contribution in [3.05, 3.63) is 48.7 Å². The van der Waals surface area contributed by atoms with Gasteiger partial charge in [-0.15, -0.1) is 0 Å². The first kappa shape index (κ1) is 11.7. The van der Waals surface area contributed by atoms with Crippen LogP contribution in [0.4, 0.5) is 5.82 Å². The van der Waals surface area contributed by atoms with Crippen molar-refractivity contribution in [3.63, 3.8) is 0 Å². The molecule has 0 amide bonds. The predicted octanol–water partition coefficient (Wildman–Crippen LogP) is 3.13. The Morgan fingerprint density at radius 1 is 0.952 bits per heavy atom. The second kappa shape index (κ2) is 4.45. The predicted molar refractivity (Wildman–Crippen MR) is 77.1 cm³/mol. The van der Waals surface area contributed by atoms with E-state index >= 15 is 0 Å². The quantitative estimate of drug-likeness (QED) is 0.605. The Morgan fingerprint density at radius 2 is 1.86 bits per heavy atom. The minimum atomic E-state index is 0.322. The van der Waals surface area contributed by atoms with Crippen molar-refractivity contribution in [1.29, 1.82) is 0 Å². The van der Waals surface area contributed by atoms with Crippen LogP contribution < -0.4 is 5.73 Å². The number of hydrogen-bond donors (Lipinski definition) is 1. The van der Waals surface area contributed by atoms with Gasteiger partial charge in [0.2, 0.25) is 5.82 Å². The highest BCUT2D eigenvalue weighted by molar-refractivity contribution is 5.91. The van der Waals surface area contributed by atoms with Gasteiger partial charge in [-0.05, 0) is 18.2 Å². The van der Waals surface area contributed by atoms with Crippen molar-refractivity contribution in [2.45, 2.75) is 0 Å². The maximum Gasteiger partial charge on any atom is 0.276 e. The van der Waals surface area contributed by atoms with Crippen molar-refractivity contribution in [1.82, 2.24) is 15.1 Å². The van der Waals surface area contributed by atoms with E-state index in [1.165, 1.54) is 0 Å². The summed E-state index contributed by atoms with van der Waals surface area (Å²) >= 11 is 0. The summed E-state index contributed by atoms with van der Waals surface area (Å²) in [5.41, 5.74) is 7.76. The van der Waals surface area contributed by atoms with Crippen LogP contribution in [-0.2, 0) is 0 Å². The van der Waals surface area contributed by atoms with Crippen LogP contribution in [0.3, 0.4) is 0 Å². The van der Waals surface area contributed by atoms with Gasteiger partial charge in [0, 0.05) is 5.39 Å². The summed E-state index contributed by atoms with van der Waals surface area (Å²) in [5, 5.41) is 4.92. The van der Waals surface area contributed by atoms with E-state index in [2.05, 4.69) is 15.1 Å². The number of nitrogens with zero attached hydrogens (tertiary/aromatic N) is 3. The minimum absolute atomic E-state index is 0.322. The van der Waals surface area contributed by atoms with E-state index in [1.54, 1.807) is 24.5 Å². The highest BCUT2D eigenvalue weighted by Gasteiger charge is 2.15. The molecule has 2 N–H and O–H groups in total. The number of nitrogens with two attached hydrogens (primary N) is 1. The van der Waals surface area contributed by atoms with Gasteiger partial charge in [0.25, 0.3) is 5.89 Å². The number of para-hydroxylation sites is 1. The molecule has 102 valence electrons. The van der Waals surface area contributed by atoms with E-state index in [1.807, 2.05) is 24.3 Å². The molecule has 6 nitrogen and oxygen atoms in total. The Labute approximate surface area is 119 Å². The Hall–Kier alpha value is -3.15. The van der Waals surface area contributed by atoms with Crippen LogP contribution >= 0.6 is 0 Å². The van der Waals surface area contributed by atoms with E-state index in [0.717, 1.165) is 16.5 Å². The van der Waals surface area contributed by atoms with Gasteiger partial charge >= 0.3 is 0 Å². The van der Waals surface area contributed by atoms with Gasteiger partial charge in [0.1, 0.15) is 23.4 Å². The molecule has 0 fully saturated rings. The first-order valence-electron chi connectivity index (χ1n) is 6.34. The monoisotopic (exact) mass is 278 g/mol. The number of furan rings is 1. The summed E-state index contributed by atoms with van der Waals surface area (Å²) in [5.74, 6) is 1.18. The van der Waals surface area contributed by atoms with Gasteiger partial charge in [-0.3, -0.25) is 0 Å². The van der Waals surface area contributed by atoms with Crippen LogP contribution in [0.1, 0.15) is 0 Å². The van der Waals surface area contributed by atoms with Crippen molar-refractivity contribution in [2.75, 3.05) is 5.73 Å². The first-order valence-corrected chi connectivity index (χ1v) is 6.34. The molecule has 0 spiro atoms. The van der Waals surface area contributed by atoms with E-state index in [0.29, 0.717) is 23.2 Å². The highest BCUT2D eigenvalue weighted by Crippen LogP contribution is 2.29. The van der Waals surface area contributed by atoms with E-state index < -0.39 is 0 Å². The molecule has 4 aromatic rings. The molecule has 0 aliphatic carbocycles. The Balaban J connectivity index is 1.81. The van der Waals surface area contributed by atoms with Crippen LogP contribution in [0.2, 0.25) is 0 Å². The van der Waals surface area contributed by atoms with Crippen molar-refractivity contribution < 1.29 is 8.94 Å². The molecule has 21 heavy (non-hydrogen) atoms. The minimum Gasteiger partial charge on any atom is -0.464 e. The Kier molecular flexibility index (Phi) is 2.47. The Bertz CT molecular complexity index is 926. The molecule has 0 radical (unpaired) electrons. The van der Waals surface area contributed by atoms with Gasteiger partial charge in [-0.1, -0.05) is 29.4 Å². The standard InChI is InChI=1S/C15H10N4O2/c16-13-7-3-5-11(17-13)15-18-14(19-21-15)10-8-20-12-6-2-1-4-9(10)12/h1-8H,(H2,16,17). The molecule has 4 rings (SSSR count). The third kappa shape index (κ3) is 1.93. The molecule has 0 aliphatic heterocycles. The van der Waals surface area contributed by atoms with Crippen molar-refractivity contribution in [3.8, 4) is 23.0 Å². The molecule has 0 unspecified atom stereocenters. The molecular formula is C15H10N4O2. The fraction of sp³-hybridized carbons (Fsp3) is 0. The summed E-state index contributed by atoms with van der Waals surface area (Å²) in [7, 11) is 0. The van der Waals surface area contributed by atoms with E-state index in [9.17, 15) is 0 Å². The summed E-state index contributed by atoms with van der Waals surface area (Å²) in [4.78, 5) is 8.52. The SMILES string of the molecule is Nc1cccc(-c2nc(-c3coc4ccccc34)no2)n1. The van der Waals surface area contributed by atoms with Crippen molar-refractivity contribution >= 4 is 16.8 Å². The van der Waals surface area contributed by atoms with E-state index in [-0.39, 0.29) is 0 Å². The molecule has 3 heterocycles. The third-order valence-corrected chi connectivity index (χ3v) is 3.14. The number of hydrogen-bond acceptors (Lipinski definition) is 6. The first-order chi connectivity index (χ1) is 10.3. The zero-order chi connectivity index (χ0) is 14.2. The summed E-state index contributed by atoms with van der Waals surface area (Å²) in [6.45, 7) is 0. The van der Waals surface area contributed by atoms with Gasteiger partial charge in [-0.2, -0.15) is 4.98 Å². The third-order valence-electron chi connectivity index (χ3n) is 3.14. The van der Waals surface area contributed by atoms with Crippen LogP contribution in [0, 0.1) is 0 Å². The second-order valence-electron chi connectivity index (χ2n) is 4.52. The molecule has 0 saturated carbocycles. The molecule has 0 bridgehead atoms. The molecule has 0 atom stereocenters. The lowest BCUT2D eigenvalue weighted by Crippen LogP contribution is -1.91. The molecule has 1 aromatic carbocycles. The summed E-state index contributed by atoms with van der Waals surface area (Å²) < 4.78 is 10.7. The zero-order valence-electron chi connectivity index (χ0n) is 10.9. The molecule has 0 saturated heterocycles. The average molecular weight is 278 g/mol. The summed E-state index contributed by atoms with van der Waals surface area (Å²) in [6.07, 6.45) is 1.62. The lowest BCUT2D eigenvalue weighted by molar-refractivity contribution is 0.431. The molecule has 3 aromatic heterocycles. The lowest BCUT2D eigenvalue weighted by Gasteiger charge is -1.94. The van der Waals surface area contributed by atoms with Crippen molar-refractivity contribution in [2.24, 2.45) is 0 Å². The smallest absolute Gasteiger partial charge is 0.276 e. The maximum absolute atomic E-state index is 5.66. The van der Waals surface area contributed by atoms with Gasteiger partial charge < -0.3 is 14.7 Å². The number of rotatable bonds is 2. The summed E-state index contributed by atoms with van der Waals surface area (Å²) in [6, 6.07) is 12.9. The van der Waals surface area contributed by atoms with Gasteiger partial charge in [-0.25, -0.2) is 4.98 Å². The van der Waals surface area contributed by atoms with Crippen LogP contribution in [-0.4, -0.2) is 15.1 Å². The largest absolute Gasteiger partial charge is 0.464 e. The molecule has 0 aliphatic rings. The number of anilines is 1. The number of aromatic nitrogens is 3. The zero-order valence-corrected chi connectivity index (χ0v) is 10.9. The topological polar surface area (TPSA) is 91.0 Å². The Morgan fingerprint density at radius 3 is 2.76 bits per heavy atom. The lowest BCUT2D eigenvalue weighted by atomic mass is 10.2. The fourth-order valence-corrected chi connectivity index (χ4v) is 2.16. The van der Waals surface area contributed by atoms with Gasteiger partial charge in [0.05, 0.1) is 5.56 Å². The maximum atomic E-state index is 5.66. The molecular weight excluding hydrogens is 268 g/mol. The van der Waals surface area contributed by atoms with Crippen LogP contribution in [0.5, 0.6) is 0 Å².